The van der Waals surface area contributed by atoms with Crippen LogP contribution in [0.4, 0.5) is 0 Å². The lowest BCUT2D eigenvalue weighted by atomic mass is 10.1. The van der Waals surface area contributed by atoms with Crippen LogP contribution in [-0.4, -0.2) is 12.6 Å². The SMILES string of the molecule is CC(C)CCN=C(N)OCc1ccccc1. The second-order valence-corrected chi connectivity index (χ2v) is 4.18. The summed E-state index contributed by atoms with van der Waals surface area (Å²) >= 11 is 0. The first-order valence-electron chi connectivity index (χ1n) is 5.65. The van der Waals surface area contributed by atoms with E-state index in [1.165, 1.54) is 0 Å². The van der Waals surface area contributed by atoms with Crippen molar-refractivity contribution in [3.05, 3.63) is 35.9 Å². The fraction of sp³-hybridized carbons (Fsp3) is 0.462. The van der Waals surface area contributed by atoms with Crippen molar-refractivity contribution < 1.29 is 4.74 Å². The molecule has 0 bridgehead atoms. The predicted octanol–water partition coefficient (Wildman–Crippen LogP) is 2.56. The minimum atomic E-state index is 0.282. The van der Waals surface area contributed by atoms with Crippen molar-refractivity contribution in [2.45, 2.75) is 26.9 Å². The number of rotatable bonds is 5. The van der Waals surface area contributed by atoms with E-state index in [1.807, 2.05) is 30.3 Å². The Morgan fingerprint density at radius 3 is 2.62 bits per heavy atom. The van der Waals surface area contributed by atoms with Gasteiger partial charge < -0.3 is 10.5 Å². The molecule has 0 saturated heterocycles. The molecular formula is C13H20N2O. The predicted molar refractivity (Wildman–Crippen MR) is 67.2 cm³/mol. The van der Waals surface area contributed by atoms with Crippen LogP contribution in [0.15, 0.2) is 35.3 Å². The molecule has 0 aromatic heterocycles. The fourth-order valence-electron chi connectivity index (χ4n) is 1.21. The Hall–Kier alpha value is -1.51. The van der Waals surface area contributed by atoms with Gasteiger partial charge in [-0.15, -0.1) is 0 Å². The molecule has 88 valence electrons. The Labute approximate surface area is 97.3 Å². The van der Waals surface area contributed by atoms with Crippen LogP contribution in [-0.2, 0) is 11.3 Å². The van der Waals surface area contributed by atoms with Crippen molar-refractivity contribution in [1.82, 2.24) is 0 Å². The number of hydrogen-bond acceptors (Lipinski definition) is 2. The Morgan fingerprint density at radius 2 is 2.00 bits per heavy atom. The van der Waals surface area contributed by atoms with E-state index in [4.69, 9.17) is 10.5 Å². The van der Waals surface area contributed by atoms with Gasteiger partial charge in [-0.3, -0.25) is 0 Å². The van der Waals surface area contributed by atoms with Gasteiger partial charge in [0.05, 0.1) is 0 Å². The second kappa shape index (κ2) is 6.88. The van der Waals surface area contributed by atoms with Crippen molar-refractivity contribution in [2.75, 3.05) is 6.54 Å². The third-order valence-electron chi connectivity index (χ3n) is 2.20. The normalized spacial score (nSPS) is 11.8. The van der Waals surface area contributed by atoms with E-state index >= 15 is 0 Å². The highest BCUT2D eigenvalue weighted by Gasteiger charge is 1.96. The molecule has 0 aliphatic rings. The Bertz CT molecular complexity index is 320. The van der Waals surface area contributed by atoms with Gasteiger partial charge in [-0.05, 0) is 17.9 Å². The zero-order valence-electron chi connectivity index (χ0n) is 10.0. The van der Waals surface area contributed by atoms with Gasteiger partial charge in [0.1, 0.15) is 6.61 Å². The fourth-order valence-corrected chi connectivity index (χ4v) is 1.21. The average molecular weight is 220 g/mol. The van der Waals surface area contributed by atoms with E-state index in [9.17, 15) is 0 Å². The first-order valence-corrected chi connectivity index (χ1v) is 5.65. The minimum absolute atomic E-state index is 0.282. The van der Waals surface area contributed by atoms with Crippen LogP contribution in [0.3, 0.4) is 0 Å². The topological polar surface area (TPSA) is 47.6 Å². The zero-order chi connectivity index (χ0) is 11.8. The smallest absolute Gasteiger partial charge is 0.282 e. The third-order valence-corrected chi connectivity index (χ3v) is 2.20. The van der Waals surface area contributed by atoms with E-state index in [0.29, 0.717) is 12.5 Å². The van der Waals surface area contributed by atoms with Crippen molar-refractivity contribution >= 4 is 6.02 Å². The van der Waals surface area contributed by atoms with Gasteiger partial charge >= 0.3 is 0 Å². The van der Waals surface area contributed by atoms with Gasteiger partial charge in [-0.2, -0.15) is 0 Å². The zero-order valence-corrected chi connectivity index (χ0v) is 10.0. The van der Waals surface area contributed by atoms with Crippen LogP contribution >= 0.6 is 0 Å². The van der Waals surface area contributed by atoms with Gasteiger partial charge in [0.2, 0.25) is 0 Å². The molecule has 0 amide bonds. The Balaban J connectivity index is 2.27. The molecule has 0 radical (unpaired) electrons. The maximum absolute atomic E-state index is 5.64. The molecular weight excluding hydrogens is 200 g/mol. The first kappa shape index (κ1) is 12.6. The highest BCUT2D eigenvalue weighted by molar-refractivity contribution is 5.71. The molecule has 0 fully saturated rings. The number of aliphatic imine (C=N–C) groups is 1. The van der Waals surface area contributed by atoms with Crippen LogP contribution in [0, 0.1) is 5.92 Å². The molecule has 0 saturated carbocycles. The quantitative estimate of drug-likeness (QED) is 0.612. The van der Waals surface area contributed by atoms with Crippen molar-refractivity contribution in [3.63, 3.8) is 0 Å². The summed E-state index contributed by atoms with van der Waals surface area (Å²) in [5.41, 5.74) is 6.74. The average Bonchev–Trinajstić information content (AvgIpc) is 2.27. The second-order valence-electron chi connectivity index (χ2n) is 4.18. The summed E-state index contributed by atoms with van der Waals surface area (Å²) in [5.74, 6) is 0.644. The first-order chi connectivity index (χ1) is 7.68. The molecule has 3 nitrogen and oxygen atoms in total. The highest BCUT2D eigenvalue weighted by atomic mass is 16.5. The van der Waals surface area contributed by atoms with E-state index in [-0.39, 0.29) is 6.02 Å². The molecule has 0 aliphatic heterocycles. The van der Waals surface area contributed by atoms with Gasteiger partial charge in [0, 0.05) is 6.54 Å². The molecule has 0 unspecified atom stereocenters. The molecule has 1 aromatic rings. The van der Waals surface area contributed by atoms with E-state index in [2.05, 4.69) is 18.8 Å². The number of hydrogen-bond donors (Lipinski definition) is 1. The molecule has 3 heteroatoms. The lowest BCUT2D eigenvalue weighted by molar-refractivity contribution is 0.285. The van der Waals surface area contributed by atoms with Crippen LogP contribution in [0.2, 0.25) is 0 Å². The van der Waals surface area contributed by atoms with E-state index < -0.39 is 0 Å². The van der Waals surface area contributed by atoms with E-state index in [0.717, 1.165) is 18.5 Å². The summed E-state index contributed by atoms with van der Waals surface area (Å²) in [6.07, 6.45) is 1.04. The van der Waals surface area contributed by atoms with Gasteiger partial charge in [0.15, 0.2) is 0 Å². The van der Waals surface area contributed by atoms with Crippen LogP contribution in [0.5, 0.6) is 0 Å². The van der Waals surface area contributed by atoms with Gasteiger partial charge in [0.25, 0.3) is 6.02 Å². The monoisotopic (exact) mass is 220 g/mol. The summed E-state index contributed by atoms with van der Waals surface area (Å²) in [6, 6.07) is 10.2. The lowest BCUT2D eigenvalue weighted by Gasteiger charge is -2.05. The van der Waals surface area contributed by atoms with Crippen molar-refractivity contribution in [1.29, 1.82) is 0 Å². The third kappa shape index (κ3) is 5.39. The molecule has 1 aromatic carbocycles. The molecule has 1 rings (SSSR count). The molecule has 0 spiro atoms. The van der Waals surface area contributed by atoms with Crippen molar-refractivity contribution in [3.8, 4) is 0 Å². The van der Waals surface area contributed by atoms with Crippen LogP contribution < -0.4 is 5.73 Å². The molecule has 2 N–H and O–H groups in total. The summed E-state index contributed by atoms with van der Waals surface area (Å²) in [6.45, 7) is 5.54. The van der Waals surface area contributed by atoms with Crippen LogP contribution in [0.25, 0.3) is 0 Å². The number of nitrogens with zero attached hydrogens (tertiary/aromatic N) is 1. The molecule has 0 heterocycles. The lowest BCUT2D eigenvalue weighted by Crippen LogP contribution is -2.16. The largest absolute Gasteiger partial charge is 0.461 e. The maximum atomic E-state index is 5.64. The highest BCUT2D eigenvalue weighted by Crippen LogP contribution is 2.01. The summed E-state index contributed by atoms with van der Waals surface area (Å²) < 4.78 is 5.34. The summed E-state index contributed by atoms with van der Waals surface area (Å²) in [5, 5.41) is 0. The number of nitrogens with two attached hydrogens (primary N) is 1. The maximum Gasteiger partial charge on any atom is 0.282 e. The van der Waals surface area contributed by atoms with E-state index in [1.54, 1.807) is 0 Å². The number of amidine groups is 1. The van der Waals surface area contributed by atoms with Crippen molar-refractivity contribution in [2.24, 2.45) is 16.6 Å². The summed E-state index contributed by atoms with van der Waals surface area (Å²) in [7, 11) is 0. The minimum Gasteiger partial charge on any atom is -0.461 e. The summed E-state index contributed by atoms with van der Waals surface area (Å²) in [4.78, 5) is 4.15. The number of benzene rings is 1. The van der Waals surface area contributed by atoms with Gasteiger partial charge in [-0.25, -0.2) is 4.99 Å². The molecule has 16 heavy (non-hydrogen) atoms. The molecule has 0 aliphatic carbocycles. The Kier molecular flexibility index (Phi) is 5.40. The number of ether oxygens (including phenoxy) is 1. The van der Waals surface area contributed by atoms with Gasteiger partial charge in [-0.1, -0.05) is 44.2 Å². The Morgan fingerprint density at radius 1 is 1.31 bits per heavy atom. The standard InChI is InChI=1S/C13H20N2O/c1-11(2)8-9-15-13(14)16-10-12-6-4-3-5-7-12/h3-7,11H,8-10H2,1-2H3,(H2,14,15). The van der Waals surface area contributed by atoms with Crippen LogP contribution in [0.1, 0.15) is 25.8 Å². The molecule has 0 atom stereocenters.